The number of aromatic nitrogens is 1. The number of hydrogen-bond donors (Lipinski definition) is 1. The third-order valence-electron chi connectivity index (χ3n) is 4.67. The van der Waals surface area contributed by atoms with Crippen LogP contribution in [0.5, 0.6) is 0 Å². The third-order valence-corrected chi connectivity index (χ3v) is 4.67. The van der Waals surface area contributed by atoms with E-state index in [2.05, 4.69) is 4.98 Å². The van der Waals surface area contributed by atoms with Crippen LogP contribution in [0.2, 0.25) is 0 Å². The lowest BCUT2D eigenvalue weighted by molar-refractivity contribution is -0.140. The molecule has 1 amide bonds. The fourth-order valence-corrected chi connectivity index (χ4v) is 3.18. The number of carbonyl (C=O) groups is 2. The van der Waals surface area contributed by atoms with Crippen LogP contribution < -0.4 is 0 Å². The first-order valence-electron chi connectivity index (χ1n) is 8.80. The summed E-state index contributed by atoms with van der Waals surface area (Å²) in [6.45, 7) is 2.94. The van der Waals surface area contributed by atoms with Gasteiger partial charge in [-0.15, -0.1) is 0 Å². The molecule has 2 aromatic rings. The fraction of sp³-hybridized carbons (Fsp3) is 0.286. The zero-order chi connectivity index (χ0) is 19.6. The van der Waals surface area contributed by atoms with E-state index >= 15 is 0 Å². The Bertz CT molecular complexity index is 873. The fourth-order valence-electron chi connectivity index (χ4n) is 3.18. The van der Waals surface area contributed by atoms with E-state index in [0.717, 1.165) is 11.1 Å². The van der Waals surface area contributed by atoms with Crippen molar-refractivity contribution in [3.8, 4) is 0 Å². The van der Waals surface area contributed by atoms with Crippen molar-refractivity contribution in [1.29, 1.82) is 0 Å². The van der Waals surface area contributed by atoms with Crippen molar-refractivity contribution in [2.45, 2.75) is 13.0 Å². The molecule has 1 N–H and O–H groups in total. The largest absolute Gasteiger partial charge is 0.507 e. The number of benzene rings is 1. The van der Waals surface area contributed by atoms with E-state index in [-0.39, 0.29) is 11.3 Å². The predicted molar refractivity (Wildman–Crippen MR) is 103 cm³/mol. The molecule has 2 heterocycles. The van der Waals surface area contributed by atoms with Crippen molar-refractivity contribution in [3.05, 3.63) is 71.1 Å². The molecule has 1 atom stereocenters. The van der Waals surface area contributed by atoms with Crippen LogP contribution in [-0.4, -0.2) is 58.8 Å². The lowest BCUT2D eigenvalue weighted by Crippen LogP contribution is -2.35. The molecule has 0 spiro atoms. The zero-order valence-electron chi connectivity index (χ0n) is 15.7. The molecule has 0 unspecified atom stereocenters. The first-order valence-corrected chi connectivity index (χ1v) is 8.80. The second kappa shape index (κ2) is 7.72. The molecule has 1 aromatic carbocycles. The topological polar surface area (TPSA) is 73.7 Å². The summed E-state index contributed by atoms with van der Waals surface area (Å²) in [6, 6.07) is 10.1. The molecular weight excluding hydrogens is 342 g/mol. The van der Waals surface area contributed by atoms with Crippen LogP contribution in [0.25, 0.3) is 5.76 Å². The number of nitrogens with zero attached hydrogens (tertiary/aromatic N) is 3. The molecule has 0 bridgehead atoms. The van der Waals surface area contributed by atoms with Crippen molar-refractivity contribution >= 4 is 17.4 Å². The average molecular weight is 365 g/mol. The van der Waals surface area contributed by atoms with E-state index in [1.54, 1.807) is 36.7 Å². The van der Waals surface area contributed by atoms with Crippen LogP contribution in [0.15, 0.2) is 54.4 Å². The number of aliphatic hydroxyl groups is 1. The van der Waals surface area contributed by atoms with Gasteiger partial charge in [0, 0.05) is 31.0 Å². The van der Waals surface area contributed by atoms with E-state index in [1.807, 2.05) is 38.1 Å². The van der Waals surface area contributed by atoms with Gasteiger partial charge in [-0.05, 0) is 38.7 Å². The van der Waals surface area contributed by atoms with E-state index < -0.39 is 17.7 Å². The number of carbonyl (C=O) groups excluding carboxylic acids is 2. The Hall–Kier alpha value is -2.99. The average Bonchev–Trinajstić information content (AvgIpc) is 2.91. The van der Waals surface area contributed by atoms with Gasteiger partial charge < -0.3 is 14.9 Å². The number of amides is 1. The van der Waals surface area contributed by atoms with Gasteiger partial charge in [0.05, 0.1) is 11.6 Å². The summed E-state index contributed by atoms with van der Waals surface area (Å²) in [6.07, 6.45) is 3.24. The minimum atomic E-state index is -0.659. The quantitative estimate of drug-likeness (QED) is 0.500. The van der Waals surface area contributed by atoms with E-state index in [1.165, 1.54) is 4.90 Å². The van der Waals surface area contributed by atoms with Gasteiger partial charge in [-0.25, -0.2) is 0 Å². The Kier molecular flexibility index (Phi) is 5.37. The number of aryl methyl sites for hydroxylation is 1. The number of Topliss-reactive ketones (excluding diaryl/α,β-unsaturated/α-hetero) is 1. The summed E-state index contributed by atoms with van der Waals surface area (Å²) in [4.78, 5) is 33.0. The number of ketones is 1. The maximum absolute atomic E-state index is 12.8. The lowest BCUT2D eigenvalue weighted by atomic mass is 9.95. The molecular formula is C21H23N3O3. The molecule has 6 nitrogen and oxygen atoms in total. The van der Waals surface area contributed by atoms with Crippen molar-refractivity contribution in [2.75, 3.05) is 27.2 Å². The van der Waals surface area contributed by atoms with Crippen molar-refractivity contribution in [3.63, 3.8) is 0 Å². The van der Waals surface area contributed by atoms with Crippen molar-refractivity contribution in [1.82, 2.24) is 14.8 Å². The molecule has 3 rings (SSSR count). The number of aliphatic hydroxyl groups excluding tert-OH is 1. The molecule has 140 valence electrons. The van der Waals surface area contributed by atoms with Gasteiger partial charge >= 0.3 is 0 Å². The van der Waals surface area contributed by atoms with Crippen LogP contribution in [0, 0.1) is 6.92 Å². The SMILES string of the molecule is Cc1ccc(/C(O)=C2\C(=O)C(=O)N(CCN(C)C)[C@@H]2c2ccncc2)cc1. The molecule has 27 heavy (non-hydrogen) atoms. The maximum Gasteiger partial charge on any atom is 0.295 e. The smallest absolute Gasteiger partial charge is 0.295 e. The number of likely N-dealkylation sites (N-methyl/N-ethyl adjacent to an activating group) is 1. The van der Waals surface area contributed by atoms with Crippen LogP contribution in [0.4, 0.5) is 0 Å². The molecule has 0 saturated carbocycles. The summed E-state index contributed by atoms with van der Waals surface area (Å²) in [7, 11) is 3.81. The normalized spacial score (nSPS) is 19.1. The second-order valence-electron chi connectivity index (χ2n) is 6.94. The molecule has 1 aliphatic heterocycles. The number of likely N-dealkylation sites (tertiary alicyclic amines) is 1. The molecule has 6 heteroatoms. The Morgan fingerprint density at radius 2 is 1.74 bits per heavy atom. The highest BCUT2D eigenvalue weighted by molar-refractivity contribution is 6.46. The summed E-state index contributed by atoms with van der Waals surface area (Å²) in [5.41, 5.74) is 2.43. The highest BCUT2D eigenvalue weighted by atomic mass is 16.3. The minimum absolute atomic E-state index is 0.119. The monoisotopic (exact) mass is 365 g/mol. The summed E-state index contributed by atoms with van der Waals surface area (Å²) >= 11 is 0. The molecule has 1 saturated heterocycles. The summed E-state index contributed by atoms with van der Waals surface area (Å²) in [5, 5.41) is 10.9. The standard InChI is InChI=1S/C21H23N3O3/c1-14-4-6-16(7-5-14)19(25)17-18(15-8-10-22-11-9-15)24(13-12-23(2)3)21(27)20(17)26/h4-11,18,25H,12-13H2,1-3H3/b19-17+/t18-/m1/s1. The molecule has 0 aliphatic carbocycles. The highest BCUT2D eigenvalue weighted by Gasteiger charge is 2.45. The maximum atomic E-state index is 12.8. The van der Waals surface area contributed by atoms with E-state index in [4.69, 9.17) is 0 Å². The minimum Gasteiger partial charge on any atom is -0.507 e. The van der Waals surface area contributed by atoms with Crippen LogP contribution in [-0.2, 0) is 9.59 Å². The van der Waals surface area contributed by atoms with Crippen LogP contribution in [0.3, 0.4) is 0 Å². The Balaban J connectivity index is 2.12. The first kappa shape index (κ1) is 18.8. The molecule has 1 aliphatic rings. The Morgan fingerprint density at radius 1 is 1.11 bits per heavy atom. The van der Waals surface area contributed by atoms with Gasteiger partial charge in [-0.2, -0.15) is 0 Å². The Morgan fingerprint density at radius 3 is 2.33 bits per heavy atom. The highest BCUT2D eigenvalue weighted by Crippen LogP contribution is 2.38. The Labute approximate surface area is 158 Å². The van der Waals surface area contributed by atoms with E-state index in [0.29, 0.717) is 18.7 Å². The molecule has 1 aromatic heterocycles. The first-order chi connectivity index (χ1) is 12.9. The lowest BCUT2D eigenvalue weighted by Gasteiger charge is -2.26. The summed E-state index contributed by atoms with van der Waals surface area (Å²) in [5.74, 6) is -1.40. The predicted octanol–water partition coefficient (Wildman–Crippen LogP) is 2.37. The van der Waals surface area contributed by atoms with Gasteiger partial charge in [0.2, 0.25) is 0 Å². The van der Waals surface area contributed by atoms with Gasteiger partial charge in [0.1, 0.15) is 5.76 Å². The van der Waals surface area contributed by atoms with Crippen LogP contribution in [0.1, 0.15) is 22.7 Å². The summed E-state index contributed by atoms with van der Waals surface area (Å²) < 4.78 is 0. The zero-order valence-corrected chi connectivity index (χ0v) is 15.7. The van der Waals surface area contributed by atoms with Gasteiger partial charge in [-0.1, -0.05) is 29.8 Å². The third kappa shape index (κ3) is 3.75. The molecule has 1 fully saturated rings. The number of rotatable bonds is 5. The van der Waals surface area contributed by atoms with E-state index in [9.17, 15) is 14.7 Å². The van der Waals surface area contributed by atoms with Gasteiger partial charge in [0.25, 0.3) is 11.7 Å². The van der Waals surface area contributed by atoms with Crippen LogP contribution >= 0.6 is 0 Å². The van der Waals surface area contributed by atoms with Crippen molar-refractivity contribution in [2.24, 2.45) is 0 Å². The molecule has 0 radical (unpaired) electrons. The van der Waals surface area contributed by atoms with Gasteiger partial charge in [0.15, 0.2) is 0 Å². The van der Waals surface area contributed by atoms with Crippen molar-refractivity contribution < 1.29 is 14.7 Å². The number of pyridine rings is 1. The van der Waals surface area contributed by atoms with Gasteiger partial charge in [-0.3, -0.25) is 14.6 Å². The number of hydrogen-bond acceptors (Lipinski definition) is 5. The second-order valence-corrected chi connectivity index (χ2v) is 6.94.